The first-order chi connectivity index (χ1) is 18.6. The van der Waals surface area contributed by atoms with E-state index < -0.39 is 22.0 Å². The minimum atomic E-state index is -3.92. The minimum absolute atomic E-state index is 0.0951. The molecule has 1 atom stereocenters. The number of hydrogen-bond acceptors (Lipinski definition) is 7. The number of ether oxygens (including phenoxy) is 4. The summed E-state index contributed by atoms with van der Waals surface area (Å²) in [4.78, 5) is 14.0. The molecule has 1 heterocycles. The maximum absolute atomic E-state index is 13.9. The van der Waals surface area contributed by atoms with Crippen molar-refractivity contribution in [2.45, 2.75) is 31.2 Å². The van der Waals surface area contributed by atoms with E-state index in [-0.39, 0.29) is 4.90 Å². The third-order valence-electron chi connectivity index (χ3n) is 6.70. The van der Waals surface area contributed by atoms with Gasteiger partial charge in [-0.2, -0.15) is 9.30 Å². The lowest BCUT2D eigenvalue weighted by atomic mass is 9.91. The number of sulfonamides is 1. The van der Waals surface area contributed by atoms with Gasteiger partial charge in [-0.15, -0.1) is 0 Å². The molecule has 1 aliphatic heterocycles. The van der Waals surface area contributed by atoms with Crippen molar-refractivity contribution in [1.29, 1.82) is 0 Å². The van der Waals surface area contributed by atoms with Gasteiger partial charge in [0.05, 0.1) is 44.5 Å². The molecule has 206 valence electrons. The predicted molar refractivity (Wildman–Crippen MR) is 147 cm³/mol. The van der Waals surface area contributed by atoms with E-state index in [1.54, 1.807) is 64.2 Å². The second-order valence-electron chi connectivity index (χ2n) is 9.18. The van der Waals surface area contributed by atoms with Crippen LogP contribution in [-0.4, -0.2) is 65.6 Å². The molecule has 1 aliphatic rings. The molecular weight excluding hydrogens is 520 g/mol. The van der Waals surface area contributed by atoms with Gasteiger partial charge in [0.2, 0.25) is 15.7 Å². The lowest BCUT2D eigenvalue weighted by Crippen LogP contribution is -2.47. The van der Waals surface area contributed by atoms with Crippen LogP contribution in [0.3, 0.4) is 0 Å². The number of aryl methyl sites for hydroxylation is 1. The summed E-state index contributed by atoms with van der Waals surface area (Å²) < 4.78 is 52.2. The fourth-order valence-corrected chi connectivity index (χ4v) is 5.85. The molecule has 0 aromatic heterocycles. The molecule has 0 saturated heterocycles. The molecule has 0 fully saturated rings. The Morgan fingerprint density at radius 2 is 1.44 bits per heavy atom. The third-order valence-corrected chi connectivity index (χ3v) is 8.25. The Bertz CT molecular complexity index is 1530. The first-order valence-corrected chi connectivity index (χ1v) is 13.9. The standard InChI is InChI=1S/C29H33N2O7S/c1-18-7-10-22(11-8-18)39(33,34)30-19(2)29(32)31-14-13-20-15-26(37-5)27(38-6)17-23(20)28(31)21-9-12-24(35-3)25(16-21)36-4/h7-12,15-17,19,30H,13-14H2,1-6H3/q+1/t19-/m1/s1. The van der Waals surface area contributed by atoms with Crippen molar-refractivity contribution in [2.24, 2.45) is 0 Å². The first-order valence-electron chi connectivity index (χ1n) is 12.4. The number of fused-ring (bicyclic) bond motifs is 1. The van der Waals surface area contributed by atoms with E-state index in [1.165, 1.54) is 12.1 Å². The van der Waals surface area contributed by atoms with E-state index in [4.69, 9.17) is 18.9 Å². The highest BCUT2D eigenvalue weighted by atomic mass is 32.2. The zero-order chi connectivity index (χ0) is 28.3. The Labute approximate surface area is 229 Å². The third kappa shape index (κ3) is 5.62. The lowest BCUT2D eigenvalue weighted by Gasteiger charge is -2.22. The molecule has 0 unspecified atom stereocenters. The van der Waals surface area contributed by atoms with Gasteiger partial charge in [-0.05, 0) is 61.9 Å². The number of nitrogens with zero attached hydrogens (tertiary/aromatic N) is 1. The SMILES string of the molecule is COc1ccc(C2=[N+](C(=O)[C@@H](C)NS(=O)(=O)c3ccc(C)cc3)CCc3cc(OC)c(OC)cc32)cc1OC. The van der Waals surface area contributed by atoms with Crippen LogP contribution in [0.5, 0.6) is 23.0 Å². The highest BCUT2D eigenvalue weighted by Crippen LogP contribution is 2.35. The van der Waals surface area contributed by atoms with E-state index >= 15 is 0 Å². The van der Waals surface area contributed by atoms with Crippen molar-refractivity contribution in [3.8, 4) is 23.0 Å². The van der Waals surface area contributed by atoms with Crippen molar-refractivity contribution in [3.63, 3.8) is 0 Å². The van der Waals surface area contributed by atoms with E-state index in [2.05, 4.69) is 4.72 Å². The van der Waals surface area contributed by atoms with Crippen molar-refractivity contribution in [3.05, 3.63) is 76.9 Å². The Morgan fingerprint density at radius 1 is 0.846 bits per heavy atom. The second-order valence-corrected chi connectivity index (χ2v) is 10.9. The fourth-order valence-electron chi connectivity index (χ4n) is 4.66. The summed E-state index contributed by atoms with van der Waals surface area (Å²) in [7, 11) is 2.29. The summed E-state index contributed by atoms with van der Waals surface area (Å²) in [6, 6.07) is 14.6. The molecule has 0 radical (unpaired) electrons. The zero-order valence-corrected chi connectivity index (χ0v) is 23.7. The molecule has 0 aliphatic carbocycles. The van der Waals surface area contributed by atoms with E-state index in [0.29, 0.717) is 47.2 Å². The zero-order valence-electron chi connectivity index (χ0n) is 22.9. The van der Waals surface area contributed by atoms with Crippen LogP contribution in [0.25, 0.3) is 0 Å². The maximum Gasteiger partial charge on any atom is 0.405 e. The first kappa shape index (κ1) is 28.1. The number of carbonyl (C=O) groups excluding carboxylic acids is 1. The molecule has 0 saturated carbocycles. The quantitative estimate of drug-likeness (QED) is 0.406. The van der Waals surface area contributed by atoms with Crippen LogP contribution >= 0.6 is 0 Å². The van der Waals surface area contributed by atoms with Gasteiger partial charge in [0.15, 0.2) is 29.5 Å². The van der Waals surface area contributed by atoms with Gasteiger partial charge in [-0.25, -0.2) is 13.2 Å². The number of hydrogen-bond donors (Lipinski definition) is 1. The molecular formula is C29H33N2O7S+. The maximum atomic E-state index is 13.9. The number of rotatable bonds is 9. The van der Waals surface area contributed by atoms with E-state index in [0.717, 1.165) is 16.7 Å². The molecule has 3 aromatic rings. The van der Waals surface area contributed by atoms with Crippen molar-refractivity contribution < 1.29 is 36.7 Å². The number of amides is 1. The number of methoxy groups -OCH3 is 4. The molecule has 3 aromatic carbocycles. The van der Waals surface area contributed by atoms with Gasteiger partial charge in [-0.1, -0.05) is 17.7 Å². The monoisotopic (exact) mass is 553 g/mol. The number of benzene rings is 3. The van der Waals surface area contributed by atoms with Crippen LogP contribution in [0.15, 0.2) is 59.5 Å². The Morgan fingerprint density at radius 3 is 2.05 bits per heavy atom. The summed E-state index contributed by atoms with van der Waals surface area (Å²) in [5, 5.41) is 0. The number of nitrogens with one attached hydrogen (secondary N) is 1. The van der Waals surface area contributed by atoms with Crippen LogP contribution in [-0.2, 0) is 21.2 Å². The minimum Gasteiger partial charge on any atom is -0.493 e. The summed E-state index contributed by atoms with van der Waals surface area (Å²) >= 11 is 0. The lowest BCUT2D eigenvalue weighted by molar-refractivity contribution is -0.450. The van der Waals surface area contributed by atoms with Crippen LogP contribution in [0.1, 0.15) is 29.2 Å². The highest BCUT2D eigenvalue weighted by molar-refractivity contribution is 7.89. The molecule has 9 nitrogen and oxygen atoms in total. The van der Waals surface area contributed by atoms with Crippen molar-refractivity contribution in [2.75, 3.05) is 35.0 Å². The van der Waals surface area contributed by atoms with Crippen LogP contribution in [0.4, 0.5) is 0 Å². The summed E-state index contributed by atoms with van der Waals surface area (Å²) in [5.41, 5.74) is 3.97. The largest absolute Gasteiger partial charge is 0.493 e. The van der Waals surface area contributed by atoms with E-state index in [1.807, 2.05) is 25.1 Å². The smallest absolute Gasteiger partial charge is 0.405 e. The molecule has 0 bridgehead atoms. The van der Waals surface area contributed by atoms with Crippen LogP contribution in [0.2, 0.25) is 0 Å². The van der Waals surface area contributed by atoms with Crippen molar-refractivity contribution in [1.82, 2.24) is 4.72 Å². The topological polar surface area (TPSA) is 103 Å². The van der Waals surface area contributed by atoms with Gasteiger partial charge in [-0.3, -0.25) is 0 Å². The fraction of sp³-hybridized carbons (Fsp3) is 0.310. The Balaban J connectivity index is 1.84. The summed E-state index contributed by atoms with van der Waals surface area (Å²) in [6.45, 7) is 3.76. The normalized spacial score (nSPS) is 13.9. The van der Waals surface area contributed by atoms with Gasteiger partial charge in [0.1, 0.15) is 6.04 Å². The Hall–Kier alpha value is -3.89. The molecule has 39 heavy (non-hydrogen) atoms. The molecule has 1 N–H and O–H groups in total. The Kier molecular flexibility index (Phi) is 8.27. The molecule has 1 amide bonds. The molecule has 10 heteroatoms. The van der Waals surface area contributed by atoms with Gasteiger partial charge < -0.3 is 18.9 Å². The van der Waals surface area contributed by atoms with Gasteiger partial charge >= 0.3 is 5.91 Å². The predicted octanol–water partition coefficient (Wildman–Crippen LogP) is 3.33. The number of carbonyl (C=O) groups is 1. The van der Waals surface area contributed by atoms with Crippen LogP contribution in [0, 0.1) is 6.92 Å². The molecule has 0 spiro atoms. The second kappa shape index (κ2) is 11.5. The highest BCUT2D eigenvalue weighted by Gasteiger charge is 2.37. The summed E-state index contributed by atoms with van der Waals surface area (Å²) in [5.74, 6) is 1.74. The van der Waals surface area contributed by atoms with Gasteiger partial charge in [0, 0.05) is 6.42 Å². The van der Waals surface area contributed by atoms with E-state index in [9.17, 15) is 13.2 Å². The van der Waals surface area contributed by atoms with Crippen molar-refractivity contribution >= 4 is 21.6 Å². The summed E-state index contributed by atoms with van der Waals surface area (Å²) in [6.07, 6.45) is 0.537. The average Bonchev–Trinajstić information content (AvgIpc) is 2.94. The van der Waals surface area contributed by atoms with Gasteiger partial charge in [0.25, 0.3) is 0 Å². The average molecular weight is 554 g/mol. The molecule has 4 rings (SSSR count). The van der Waals surface area contributed by atoms with Crippen LogP contribution < -0.4 is 23.7 Å².